The maximum atomic E-state index is 13.4. The monoisotopic (exact) mass is 310 g/mol. The smallest absolute Gasteiger partial charge is 0.237 e. The molecule has 4 nitrogen and oxygen atoms in total. The van der Waals surface area contributed by atoms with Crippen molar-refractivity contribution in [1.29, 1.82) is 0 Å². The van der Waals surface area contributed by atoms with Gasteiger partial charge in [-0.3, -0.25) is 9.00 Å². The van der Waals surface area contributed by atoms with E-state index in [-0.39, 0.29) is 4.90 Å². The lowest BCUT2D eigenvalue weighted by atomic mass is 10.3. The summed E-state index contributed by atoms with van der Waals surface area (Å²) in [5, 5.41) is 2.49. The van der Waals surface area contributed by atoms with E-state index in [1.165, 1.54) is 6.07 Å². The summed E-state index contributed by atoms with van der Waals surface area (Å²) < 4.78 is 38.4. The summed E-state index contributed by atoms with van der Waals surface area (Å²) in [4.78, 5) is 11.4. The molecule has 0 aromatic heterocycles. The van der Waals surface area contributed by atoms with E-state index >= 15 is 0 Å². The van der Waals surface area contributed by atoms with Crippen LogP contribution in [0, 0.1) is 11.6 Å². The molecular weight excluding hydrogens is 298 g/mol. The highest BCUT2D eigenvalue weighted by molar-refractivity contribution is 7.85. The van der Waals surface area contributed by atoms with Crippen LogP contribution in [0.1, 0.15) is 0 Å². The third-order valence-corrected chi connectivity index (χ3v) is 3.90. The molecule has 1 atom stereocenters. The van der Waals surface area contributed by atoms with Crippen molar-refractivity contribution in [2.45, 2.75) is 4.90 Å². The predicted molar refractivity (Wildman–Crippen MR) is 77.1 cm³/mol. The van der Waals surface area contributed by atoms with E-state index in [1.807, 2.05) is 0 Å². The zero-order valence-corrected chi connectivity index (χ0v) is 11.6. The number of nitrogens with one attached hydrogen (secondary N) is 1. The number of carbonyl (C=O) groups excluding carboxylic acids is 1. The van der Waals surface area contributed by atoms with Gasteiger partial charge in [-0.15, -0.1) is 0 Å². The van der Waals surface area contributed by atoms with Crippen LogP contribution in [0.25, 0.3) is 0 Å². The molecule has 0 aliphatic carbocycles. The standard InChI is InChI=1S/C14H12F2N2O2S/c15-9-4-5-12(16)13(6-9)21(20)8-14(19)18-11-3-1-2-10(17)7-11/h1-7H,8,17H2,(H,18,19). The summed E-state index contributed by atoms with van der Waals surface area (Å²) >= 11 is 0. The number of benzene rings is 2. The fourth-order valence-corrected chi connectivity index (χ4v) is 2.66. The van der Waals surface area contributed by atoms with Crippen molar-refractivity contribution >= 4 is 28.1 Å². The van der Waals surface area contributed by atoms with Crippen LogP contribution in [0.3, 0.4) is 0 Å². The Bertz CT molecular complexity index is 707. The van der Waals surface area contributed by atoms with E-state index in [0.29, 0.717) is 11.4 Å². The summed E-state index contributed by atoms with van der Waals surface area (Å²) in [7, 11) is -1.97. The van der Waals surface area contributed by atoms with Crippen LogP contribution in [0.15, 0.2) is 47.4 Å². The lowest BCUT2D eigenvalue weighted by molar-refractivity contribution is -0.113. The third-order valence-electron chi connectivity index (χ3n) is 2.57. The summed E-state index contributed by atoms with van der Waals surface area (Å²) in [6, 6.07) is 9.05. The number of nitrogen functional groups attached to an aromatic ring is 1. The van der Waals surface area contributed by atoms with Gasteiger partial charge in [-0.05, 0) is 36.4 Å². The second-order valence-corrected chi connectivity index (χ2v) is 5.66. The van der Waals surface area contributed by atoms with Crippen molar-refractivity contribution < 1.29 is 17.8 Å². The molecule has 1 amide bonds. The number of rotatable bonds is 4. The van der Waals surface area contributed by atoms with Crippen LogP contribution in [-0.2, 0) is 15.6 Å². The molecule has 2 aromatic rings. The third kappa shape index (κ3) is 4.09. The van der Waals surface area contributed by atoms with E-state index in [1.54, 1.807) is 18.2 Å². The van der Waals surface area contributed by atoms with Gasteiger partial charge < -0.3 is 11.1 Å². The minimum Gasteiger partial charge on any atom is -0.399 e. The maximum absolute atomic E-state index is 13.4. The average molecular weight is 310 g/mol. The molecule has 1 unspecified atom stereocenters. The Morgan fingerprint density at radius 3 is 2.67 bits per heavy atom. The normalized spacial score (nSPS) is 11.9. The van der Waals surface area contributed by atoms with Gasteiger partial charge in [-0.25, -0.2) is 8.78 Å². The fraction of sp³-hybridized carbons (Fsp3) is 0.0714. The van der Waals surface area contributed by atoms with E-state index < -0.39 is 34.1 Å². The molecule has 0 fully saturated rings. The van der Waals surface area contributed by atoms with E-state index in [9.17, 15) is 17.8 Å². The van der Waals surface area contributed by atoms with Gasteiger partial charge >= 0.3 is 0 Å². The second kappa shape index (κ2) is 6.45. The van der Waals surface area contributed by atoms with E-state index in [4.69, 9.17) is 5.73 Å². The van der Waals surface area contributed by atoms with Crippen LogP contribution in [0.4, 0.5) is 20.2 Å². The summed E-state index contributed by atoms with van der Waals surface area (Å²) in [6.07, 6.45) is 0. The van der Waals surface area contributed by atoms with Gasteiger partial charge in [0.05, 0.1) is 15.7 Å². The summed E-state index contributed by atoms with van der Waals surface area (Å²) in [5.41, 5.74) is 6.47. The molecule has 3 N–H and O–H groups in total. The Hall–Kier alpha value is -2.28. The van der Waals surface area contributed by atoms with Crippen LogP contribution in [0.2, 0.25) is 0 Å². The molecule has 0 radical (unpaired) electrons. The van der Waals surface area contributed by atoms with Gasteiger partial charge in [0.15, 0.2) is 0 Å². The summed E-state index contributed by atoms with van der Waals surface area (Å²) in [6.45, 7) is 0. The minimum atomic E-state index is -1.97. The molecule has 2 rings (SSSR count). The quantitative estimate of drug-likeness (QED) is 0.851. The Labute approximate surface area is 122 Å². The lowest BCUT2D eigenvalue weighted by Gasteiger charge is -2.07. The maximum Gasteiger partial charge on any atom is 0.237 e. The van der Waals surface area contributed by atoms with Crippen molar-refractivity contribution in [3.8, 4) is 0 Å². The van der Waals surface area contributed by atoms with Crippen molar-refractivity contribution in [2.75, 3.05) is 16.8 Å². The number of amides is 1. The van der Waals surface area contributed by atoms with Gasteiger partial charge in [0.2, 0.25) is 5.91 Å². The second-order valence-electron chi connectivity index (χ2n) is 4.24. The highest BCUT2D eigenvalue weighted by Gasteiger charge is 2.15. The van der Waals surface area contributed by atoms with Crippen LogP contribution >= 0.6 is 0 Å². The molecule has 0 saturated carbocycles. The van der Waals surface area contributed by atoms with Crippen molar-refractivity contribution in [2.24, 2.45) is 0 Å². The Balaban J connectivity index is 2.05. The first kappa shape index (κ1) is 15.1. The first-order chi connectivity index (χ1) is 9.95. The number of hydrogen-bond donors (Lipinski definition) is 2. The first-order valence-electron chi connectivity index (χ1n) is 5.94. The molecule has 0 aliphatic rings. The molecule has 110 valence electrons. The van der Waals surface area contributed by atoms with Crippen LogP contribution in [-0.4, -0.2) is 15.9 Å². The Morgan fingerprint density at radius 2 is 1.95 bits per heavy atom. The molecule has 0 heterocycles. The number of halogens is 2. The zero-order valence-electron chi connectivity index (χ0n) is 10.8. The molecule has 21 heavy (non-hydrogen) atoms. The van der Waals surface area contributed by atoms with Gasteiger partial charge in [0.1, 0.15) is 17.4 Å². The minimum absolute atomic E-state index is 0.335. The first-order valence-corrected chi connectivity index (χ1v) is 7.26. The molecule has 0 saturated heterocycles. The molecule has 0 bridgehead atoms. The van der Waals surface area contributed by atoms with Crippen LogP contribution in [0.5, 0.6) is 0 Å². The zero-order chi connectivity index (χ0) is 15.4. The Kier molecular flexibility index (Phi) is 4.64. The lowest BCUT2D eigenvalue weighted by Crippen LogP contribution is -2.20. The van der Waals surface area contributed by atoms with Crippen LogP contribution < -0.4 is 11.1 Å². The number of anilines is 2. The van der Waals surface area contributed by atoms with Crippen molar-refractivity contribution in [1.82, 2.24) is 0 Å². The van der Waals surface area contributed by atoms with E-state index in [0.717, 1.165) is 18.2 Å². The number of nitrogens with two attached hydrogens (primary N) is 1. The highest BCUT2D eigenvalue weighted by atomic mass is 32.2. The molecule has 0 spiro atoms. The largest absolute Gasteiger partial charge is 0.399 e. The molecule has 7 heteroatoms. The topological polar surface area (TPSA) is 72.2 Å². The fourth-order valence-electron chi connectivity index (χ4n) is 1.66. The molecule has 2 aromatic carbocycles. The average Bonchev–Trinajstić information content (AvgIpc) is 2.41. The SMILES string of the molecule is Nc1cccc(NC(=O)CS(=O)c2cc(F)ccc2F)c1. The predicted octanol–water partition coefficient (Wildman–Crippen LogP) is 2.29. The molecular formula is C14H12F2N2O2S. The molecule has 0 aliphatic heterocycles. The van der Waals surface area contributed by atoms with Gasteiger partial charge in [-0.1, -0.05) is 6.07 Å². The Morgan fingerprint density at radius 1 is 1.19 bits per heavy atom. The number of hydrogen-bond acceptors (Lipinski definition) is 3. The summed E-state index contributed by atoms with van der Waals surface area (Å²) in [5.74, 6) is -2.58. The van der Waals surface area contributed by atoms with Crippen molar-refractivity contribution in [3.63, 3.8) is 0 Å². The number of carbonyl (C=O) groups is 1. The van der Waals surface area contributed by atoms with Gasteiger partial charge in [0, 0.05) is 11.4 Å². The highest BCUT2D eigenvalue weighted by Crippen LogP contribution is 2.15. The van der Waals surface area contributed by atoms with Gasteiger partial charge in [0.25, 0.3) is 0 Å². The van der Waals surface area contributed by atoms with E-state index in [2.05, 4.69) is 5.32 Å². The van der Waals surface area contributed by atoms with Gasteiger partial charge in [-0.2, -0.15) is 0 Å². The van der Waals surface area contributed by atoms with Crippen molar-refractivity contribution in [3.05, 3.63) is 54.1 Å².